The fraction of sp³-hybridized carbons (Fsp3) is 0.400. The molecule has 0 fully saturated rings. The second kappa shape index (κ2) is 7.87. The molecule has 0 saturated heterocycles. The van der Waals surface area contributed by atoms with E-state index in [1.54, 1.807) is 12.1 Å². The lowest BCUT2D eigenvalue weighted by Gasteiger charge is -2.21. The molecule has 1 heteroatoms. The number of benzene rings is 1. The van der Waals surface area contributed by atoms with Crippen LogP contribution in [0.5, 0.6) is 5.75 Å². The highest BCUT2D eigenvalue weighted by atomic mass is 16.3. The summed E-state index contributed by atoms with van der Waals surface area (Å²) in [6.45, 7) is 12.8. The van der Waals surface area contributed by atoms with E-state index in [1.807, 2.05) is 12.1 Å². The third-order valence-corrected chi connectivity index (χ3v) is 3.56. The lowest BCUT2D eigenvalue weighted by Crippen LogP contribution is -2.08. The van der Waals surface area contributed by atoms with Crippen LogP contribution in [0.4, 0.5) is 0 Å². The second-order valence-corrected chi connectivity index (χ2v) is 6.44. The summed E-state index contributed by atoms with van der Waals surface area (Å²) in [6.07, 6.45) is 9.86. The van der Waals surface area contributed by atoms with Crippen LogP contribution in [0.15, 0.2) is 54.1 Å². The molecule has 0 heterocycles. The van der Waals surface area contributed by atoms with Crippen molar-refractivity contribution in [3.63, 3.8) is 0 Å². The predicted molar refractivity (Wildman–Crippen MR) is 93.3 cm³/mol. The summed E-state index contributed by atoms with van der Waals surface area (Å²) in [5.41, 5.74) is 3.87. The number of aromatic hydroxyl groups is 1. The summed E-state index contributed by atoms with van der Waals surface area (Å²) < 4.78 is 0. The zero-order chi connectivity index (χ0) is 15.9. The van der Waals surface area contributed by atoms with Crippen molar-refractivity contribution in [2.45, 2.75) is 47.0 Å². The van der Waals surface area contributed by atoms with E-state index in [1.165, 1.54) is 11.1 Å². The van der Waals surface area contributed by atoms with Crippen molar-refractivity contribution in [3.05, 3.63) is 59.7 Å². The maximum absolute atomic E-state index is 9.29. The van der Waals surface area contributed by atoms with Crippen LogP contribution < -0.4 is 0 Å². The summed E-state index contributed by atoms with van der Waals surface area (Å²) in [5.74, 6) is 0.305. The van der Waals surface area contributed by atoms with E-state index in [0.29, 0.717) is 5.75 Å². The van der Waals surface area contributed by atoms with Crippen molar-refractivity contribution in [3.8, 4) is 5.75 Å². The van der Waals surface area contributed by atoms with Crippen molar-refractivity contribution in [1.82, 2.24) is 0 Å². The molecule has 0 aliphatic rings. The number of allylic oxidation sites excluding steroid dienone is 4. The summed E-state index contributed by atoms with van der Waals surface area (Å²) in [6, 6.07) is 7.27. The van der Waals surface area contributed by atoms with E-state index < -0.39 is 0 Å². The van der Waals surface area contributed by atoms with Gasteiger partial charge in [0.2, 0.25) is 0 Å². The van der Waals surface area contributed by atoms with E-state index in [9.17, 15) is 5.11 Å². The standard InChI is InChI=1S/C20H28O/c1-6-17(15-20(4,5)14-13-16(2)3)7-8-18-9-11-19(21)12-10-18/h7-12,15,21H,2,6,13-14H2,1,3-5H3. The molecule has 114 valence electrons. The van der Waals surface area contributed by atoms with E-state index >= 15 is 0 Å². The highest BCUT2D eigenvalue weighted by Gasteiger charge is 2.14. The van der Waals surface area contributed by atoms with E-state index in [0.717, 1.165) is 24.8 Å². The summed E-state index contributed by atoms with van der Waals surface area (Å²) in [7, 11) is 0. The zero-order valence-corrected chi connectivity index (χ0v) is 13.8. The lowest BCUT2D eigenvalue weighted by molar-refractivity contribution is 0.435. The average molecular weight is 284 g/mol. The summed E-state index contributed by atoms with van der Waals surface area (Å²) in [5, 5.41) is 9.29. The number of phenolic OH excluding ortho intramolecular Hbond substituents is 1. The molecule has 0 atom stereocenters. The number of hydrogen-bond acceptors (Lipinski definition) is 1. The Kier molecular flexibility index (Phi) is 6.48. The second-order valence-electron chi connectivity index (χ2n) is 6.44. The van der Waals surface area contributed by atoms with Crippen LogP contribution in [0.3, 0.4) is 0 Å². The molecule has 1 aromatic carbocycles. The van der Waals surface area contributed by atoms with Gasteiger partial charge in [0.1, 0.15) is 5.75 Å². The van der Waals surface area contributed by atoms with Crippen LogP contribution in [0.2, 0.25) is 0 Å². The van der Waals surface area contributed by atoms with E-state index in [-0.39, 0.29) is 5.41 Å². The first kappa shape index (κ1) is 17.3. The lowest BCUT2D eigenvalue weighted by atomic mass is 9.84. The third kappa shape index (κ3) is 6.99. The molecule has 0 saturated carbocycles. The molecular weight excluding hydrogens is 256 g/mol. The van der Waals surface area contributed by atoms with Gasteiger partial charge in [-0.05, 0) is 49.3 Å². The van der Waals surface area contributed by atoms with Crippen molar-refractivity contribution in [1.29, 1.82) is 0 Å². The summed E-state index contributed by atoms with van der Waals surface area (Å²) in [4.78, 5) is 0. The van der Waals surface area contributed by atoms with Crippen molar-refractivity contribution in [2.75, 3.05) is 0 Å². The highest BCUT2D eigenvalue weighted by molar-refractivity contribution is 5.53. The molecule has 0 radical (unpaired) electrons. The van der Waals surface area contributed by atoms with Gasteiger partial charge in [0.05, 0.1) is 0 Å². The number of phenols is 1. The number of hydrogen-bond donors (Lipinski definition) is 1. The fourth-order valence-electron chi connectivity index (χ4n) is 2.17. The van der Waals surface area contributed by atoms with Crippen molar-refractivity contribution < 1.29 is 5.11 Å². The van der Waals surface area contributed by atoms with Crippen LogP contribution in [0.25, 0.3) is 6.08 Å². The Hall–Kier alpha value is -1.76. The Balaban J connectivity index is 2.79. The molecule has 0 aliphatic heterocycles. The highest BCUT2D eigenvalue weighted by Crippen LogP contribution is 2.28. The minimum absolute atomic E-state index is 0.184. The molecular formula is C20H28O. The summed E-state index contributed by atoms with van der Waals surface area (Å²) >= 11 is 0. The Bertz CT molecular complexity index is 515. The van der Waals surface area contributed by atoms with Gasteiger partial charge in [0.25, 0.3) is 0 Å². The number of rotatable bonds is 7. The quantitative estimate of drug-likeness (QED) is 0.472. The molecule has 0 aromatic heterocycles. The van der Waals surface area contributed by atoms with E-state index in [4.69, 9.17) is 0 Å². The topological polar surface area (TPSA) is 20.2 Å². The first-order valence-electron chi connectivity index (χ1n) is 7.65. The molecule has 1 aromatic rings. The van der Waals surface area contributed by atoms with Gasteiger partial charge in [-0.2, -0.15) is 0 Å². The van der Waals surface area contributed by atoms with Crippen molar-refractivity contribution >= 4 is 6.08 Å². The first-order valence-corrected chi connectivity index (χ1v) is 7.65. The van der Waals surface area contributed by atoms with Gasteiger partial charge in [-0.1, -0.05) is 62.3 Å². The molecule has 0 bridgehead atoms. The maximum atomic E-state index is 9.29. The molecule has 0 spiro atoms. The van der Waals surface area contributed by atoms with Crippen LogP contribution in [-0.4, -0.2) is 5.11 Å². The minimum Gasteiger partial charge on any atom is -0.508 e. The Labute approximate surface area is 129 Å². The smallest absolute Gasteiger partial charge is 0.115 e. The van der Waals surface area contributed by atoms with Gasteiger partial charge in [-0.3, -0.25) is 0 Å². The molecule has 21 heavy (non-hydrogen) atoms. The van der Waals surface area contributed by atoms with Crippen LogP contribution in [0.1, 0.15) is 52.5 Å². The predicted octanol–water partition coefficient (Wildman–Crippen LogP) is 6.12. The first-order chi connectivity index (χ1) is 9.82. The maximum Gasteiger partial charge on any atom is 0.115 e. The average Bonchev–Trinajstić information content (AvgIpc) is 2.43. The molecule has 0 aliphatic carbocycles. The van der Waals surface area contributed by atoms with Gasteiger partial charge < -0.3 is 5.11 Å². The SMILES string of the molecule is C=C(C)CCC(C)(C)C=C(C=Cc1ccc(O)cc1)CC. The largest absolute Gasteiger partial charge is 0.508 e. The van der Waals surface area contributed by atoms with Crippen LogP contribution in [0, 0.1) is 5.41 Å². The zero-order valence-electron chi connectivity index (χ0n) is 13.8. The molecule has 0 unspecified atom stereocenters. The minimum atomic E-state index is 0.184. The Morgan fingerprint density at radius 2 is 1.86 bits per heavy atom. The molecule has 1 N–H and O–H groups in total. The Morgan fingerprint density at radius 3 is 2.38 bits per heavy atom. The molecule has 0 amide bonds. The van der Waals surface area contributed by atoms with E-state index in [2.05, 4.69) is 52.5 Å². The third-order valence-electron chi connectivity index (χ3n) is 3.56. The Morgan fingerprint density at radius 1 is 1.24 bits per heavy atom. The monoisotopic (exact) mass is 284 g/mol. The van der Waals surface area contributed by atoms with Gasteiger partial charge in [0.15, 0.2) is 0 Å². The molecule has 1 rings (SSSR count). The fourth-order valence-corrected chi connectivity index (χ4v) is 2.17. The molecule has 1 nitrogen and oxygen atoms in total. The van der Waals surface area contributed by atoms with Crippen LogP contribution in [-0.2, 0) is 0 Å². The normalized spacial score (nSPS) is 12.9. The van der Waals surface area contributed by atoms with Crippen LogP contribution >= 0.6 is 0 Å². The van der Waals surface area contributed by atoms with Crippen molar-refractivity contribution in [2.24, 2.45) is 5.41 Å². The van der Waals surface area contributed by atoms with Gasteiger partial charge in [-0.15, -0.1) is 6.58 Å². The van der Waals surface area contributed by atoms with Gasteiger partial charge >= 0.3 is 0 Å². The van der Waals surface area contributed by atoms with Gasteiger partial charge in [0, 0.05) is 0 Å². The van der Waals surface area contributed by atoms with Gasteiger partial charge in [-0.25, -0.2) is 0 Å².